The van der Waals surface area contributed by atoms with Crippen molar-refractivity contribution in [3.63, 3.8) is 0 Å². The highest BCUT2D eigenvalue weighted by atomic mass is 16.5. The average Bonchev–Trinajstić information content (AvgIpc) is 2.77. The number of amides is 1. The Balaban J connectivity index is 1.39. The van der Waals surface area contributed by atoms with Crippen LogP contribution in [0.25, 0.3) is 5.57 Å². The lowest BCUT2D eigenvalue weighted by atomic mass is 9.72. The van der Waals surface area contributed by atoms with E-state index in [1.165, 1.54) is 0 Å². The zero-order valence-corrected chi connectivity index (χ0v) is 20.8. The number of hydrogen-bond acceptors (Lipinski definition) is 5. The highest BCUT2D eigenvalue weighted by Gasteiger charge is 2.37. The lowest BCUT2D eigenvalue weighted by molar-refractivity contribution is -0.122. The van der Waals surface area contributed by atoms with Crippen LogP contribution in [0.5, 0.6) is 5.75 Å². The van der Waals surface area contributed by atoms with E-state index in [0.717, 1.165) is 48.9 Å². The van der Waals surface area contributed by atoms with Crippen molar-refractivity contribution in [1.29, 1.82) is 0 Å². The van der Waals surface area contributed by atoms with Crippen LogP contribution in [0.3, 0.4) is 0 Å². The number of fused-ring (bicyclic) bond motifs is 1. The Morgan fingerprint density at radius 2 is 2.06 bits per heavy atom. The minimum absolute atomic E-state index is 0.0222. The van der Waals surface area contributed by atoms with E-state index in [2.05, 4.69) is 27.5 Å². The molecular formula is C25H40BN5O3. The average molecular weight is 469 g/mol. The molecule has 186 valence electrons. The second-order valence-electron chi connectivity index (χ2n) is 9.90. The SMILES string of the molecule is C=C(C)c1cccc2c1OB(O)C(NC(=O)CC1CCC(NCCN=C(N)NC(C)C)CC1)C2. The molecule has 0 bridgehead atoms. The maximum atomic E-state index is 12.7. The van der Waals surface area contributed by atoms with Gasteiger partial charge in [0.25, 0.3) is 0 Å². The summed E-state index contributed by atoms with van der Waals surface area (Å²) < 4.78 is 5.77. The molecule has 6 N–H and O–H groups in total. The Labute approximate surface area is 204 Å². The van der Waals surface area contributed by atoms with Gasteiger partial charge >= 0.3 is 7.12 Å². The number of nitrogens with zero attached hydrogens (tertiary/aromatic N) is 1. The Morgan fingerprint density at radius 1 is 1.32 bits per heavy atom. The predicted molar refractivity (Wildman–Crippen MR) is 139 cm³/mol. The Kier molecular flexibility index (Phi) is 9.41. The molecule has 1 aromatic carbocycles. The van der Waals surface area contributed by atoms with Crippen LogP contribution in [-0.2, 0) is 11.2 Å². The molecular weight excluding hydrogens is 429 g/mol. The number of guanidine groups is 1. The summed E-state index contributed by atoms with van der Waals surface area (Å²) in [5, 5.41) is 20.1. The van der Waals surface area contributed by atoms with E-state index in [4.69, 9.17) is 10.4 Å². The number of hydrogen-bond donors (Lipinski definition) is 5. The standard InChI is InChI=1S/C25H40BN5O3/c1-16(2)21-7-5-6-19-15-22(26(33)34-24(19)21)31-23(32)14-18-8-10-20(11-9-18)28-12-13-29-25(27)30-17(3)4/h5-7,17-18,20,22,28,33H,1,8-15H2,2-4H3,(H,31,32)(H3,27,29,30). The maximum absolute atomic E-state index is 12.7. The van der Waals surface area contributed by atoms with Gasteiger partial charge in [0.05, 0.1) is 12.5 Å². The monoisotopic (exact) mass is 469 g/mol. The number of carbonyl (C=O) groups is 1. The highest BCUT2D eigenvalue weighted by Crippen LogP contribution is 2.33. The third kappa shape index (κ3) is 7.50. The quantitative estimate of drug-likeness (QED) is 0.163. The van der Waals surface area contributed by atoms with Gasteiger partial charge in [0.1, 0.15) is 5.75 Å². The van der Waals surface area contributed by atoms with E-state index in [0.29, 0.717) is 43.1 Å². The van der Waals surface area contributed by atoms with Crippen molar-refractivity contribution >= 4 is 24.6 Å². The number of aliphatic imine (C=N–C) groups is 1. The number of carbonyl (C=O) groups excluding carboxylic acids is 1. The Morgan fingerprint density at radius 3 is 2.74 bits per heavy atom. The van der Waals surface area contributed by atoms with E-state index in [1.807, 2.05) is 39.0 Å². The number of allylic oxidation sites excluding steroid dienone is 1. The smallest absolute Gasteiger partial charge is 0.534 e. The van der Waals surface area contributed by atoms with Gasteiger partial charge in [0, 0.05) is 30.6 Å². The molecule has 1 fully saturated rings. The van der Waals surface area contributed by atoms with Crippen molar-refractivity contribution in [1.82, 2.24) is 16.0 Å². The van der Waals surface area contributed by atoms with E-state index in [1.54, 1.807) is 0 Å². The molecule has 0 radical (unpaired) electrons. The van der Waals surface area contributed by atoms with Crippen LogP contribution in [0.15, 0.2) is 29.8 Å². The minimum Gasteiger partial charge on any atom is -0.534 e. The molecule has 1 saturated carbocycles. The van der Waals surface area contributed by atoms with Crippen molar-refractivity contribution in [3.8, 4) is 5.75 Å². The molecule has 34 heavy (non-hydrogen) atoms. The number of rotatable bonds is 9. The van der Waals surface area contributed by atoms with Crippen molar-refractivity contribution in [2.45, 2.75) is 77.3 Å². The van der Waals surface area contributed by atoms with Gasteiger partial charge in [-0.05, 0) is 69.9 Å². The minimum atomic E-state index is -1.07. The first-order valence-electron chi connectivity index (χ1n) is 12.4. The normalized spacial score (nSPS) is 22.7. The highest BCUT2D eigenvalue weighted by molar-refractivity contribution is 6.46. The van der Waals surface area contributed by atoms with Crippen LogP contribution in [0.4, 0.5) is 0 Å². The van der Waals surface area contributed by atoms with Crippen LogP contribution in [0, 0.1) is 5.92 Å². The van der Waals surface area contributed by atoms with Crippen molar-refractivity contribution in [2.24, 2.45) is 16.6 Å². The zero-order chi connectivity index (χ0) is 24.7. The largest absolute Gasteiger partial charge is 0.547 e. The van der Waals surface area contributed by atoms with Gasteiger partial charge in [-0.15, -0.1) is 0 Å². The van der Waals surface area contributed by atoms with E-state index in [9.17, 15) is 9.82 Å². The maximum Gasteiger partial charge on any atom is 0.547 e. The molecule has 9 heteroatoms. The topological polar surface area (TPSA) is 121 Å². The fourth-order valence-corrected chi connectivity index (χ4v) is 4.77. The second-order valence-corrected chi connectivity index (χ2v) is 9.90. The number of nitrogens with one attached hydrogen (secondary N) is 3. The van der Waals surface area contributed by atoms with E-state index in [-0.39, 0.29) is 11.9 Å². The summed E-state index contributed by atoms with van der Waals surface area (Å²) in [4.78, 5) is 17.0. The first kappa shape index (κ1) is 26.1. The first-order chi connectivity index (χ1) is 16.2. The zero-order valence-electron chi connectivity index (χ0n) is 20.8. The van der Waals surface area contributed by atoms with Gasteiger partial charge in [-0.25, -0.2) is 0 Å². The molecule has 1 heterocycles. The molecule has 0 spiro atoms. The molecule has 1 unspecified atom stereocenters. The van der Waals surface area contributed by atoms with Gasteiger partial charge in [-0.1, -0.05) is 24.8 Å². The van der Waals surface area contributed by atoms with Crippen molar-refractivity contribution < 1.29 is 14.5 Å². The third-order valence-corrected chi connectivity index (χ3v) is 6.51. The molecule has 0 saturated heterocycles. The summed E-state index contributed by atoms with van der Waals surface area (Å²) in [6.07, 6.45) is 5.15. The van der Waals surface area contributed by atoms with Gasteiger partial charge in [0.15, 0.2) is 5.96 Å². The molecule has 1 aromatic rings. The van der Waals surface area contributed by atoms with Gasteiger partial charge in [-0.3, -0.25) is 9.79 Å². The molecule has 1 amide bonds. The van der Waals surface area contributed by atoms with Gasteiger partial charge < -0.3 is 31.4 Å². The molecule has 1 atom stereocenters. The summed E-state index contributed by atoms with van der Waals surface area (Å²) >= 11 is 0. The van der Waals surface area contributed by atoms with Crippen molar-refractivity contribution in [3.05, 3.63) is 35.9 Å². The Bertz CT molecular complexity index is 883. The molecule has 3 rings (SSSR count). The van der Waals surface area contributed by atoms with E-state index >= 15 is 0 Å². The third-order valence-electron chi connectivity index (χ3n) is 6.51. The summed E-state index contributed by atoms with van der Waals surface area (Å²) in [6, 6.07) is 6.61. The fourth-order valence-electron chi connectivity index (χ4n) is 4.77. The van der Waals surface area contributed by atoms with Crippen LogP contribution in [0.1, 0.15) is 64.0 Å². The predicted octanol–water partition coefficient (Wildman–Crippen LogP) is 2.01. The molecule has 1 aliphatic heterocycles. The summed E-state index contributed by atoms with van der Waals surface area (Å²) in [7, 11) is -1.07. The van der Waals surface area contributed by atoms with E-state index < -0.39 is 13.1 Å². The lowest BCUT2D eigenvalue weighted by Crippen LogP contribution is -2.53. The van der Waals surface area contributed by atoms with Gasteiger partial charge in [0.2, 0.25) is 5.91 Å². The molecule has 8 nitrogen and oxygen atoms in total. The molecule has 0 aromatic heterocycles. The molecule has 1 aliphatic carbocycles. The summed E-state index contributed by atoms with van der Waals surface area (Å²) in [5.41, 5.74) is 8.59. The summed E-state index contributed by atoms with van der Waals surface area (Å²) in [5.74, 6) is 1.05. The number of nitrogens with two attached hydrogens (primary N) is 1. The first-order valence-corrected chi connectivity index (χ1v) is 12.4. The van der Waals surface area contributed by atoms with Crippen LogP contribution in [-0.4, -0.2) is 55.1 Å². The Hall–Kier alpha value is -2.52. The van der Waals surface area contributed by atoms with Crippen LogP contribution >= 0.6 is 0 Å². The number of benzene rings is 1. The van der Waals surface area contributed by atoms with Crippen LogP contribution in [0.2, 0.25) is 0 Å². The van der Waals surface area contributed by atoms with Gasteiger partial charge in [-0.2, -0.15) is 0 Å². The molecule has 2 aliphatic rings. The summed E-state index contributed by atoms with van der Waals surface area (Å²) in [6.45, 7) is 11.4. The van der Waals surface area contributed by atoms with Crippen LogP contribution < -0.4 is 26.3 Å². The number of para-hydroxylation sites is 1. The second kappa shape index (κ2) is 12.3. The fraction of sp³-hybridized carbons (Fsp3) is 0.600. The van der Waals surface area contributed by atoms with Crippen molar-refractivity contribution in [2.75, 3.05) is 13.1 Å². The lowest BCUT2D eigenvalue weighted by Gasteiger charge is -2.31.